The van der Waals surface area contributed by atoms with E-state index in [0.29, 0.717) is 18.7 Å². The summed E-state index contributed by atoms with van der Waals surface area (Å²) in [6, 6.07) is 13.4. The molecule has 0 atom stereocenters. The van der Waals surface area contributed by atoms with Crippen LogP contribution in [0.3, 0.4) is 0 Å². The Bertz CT molecular complexity index is 1670. The number of hydrogen-bond acceptors (Lipinski definition) is 8. The molecule has 1 aliphatic heterocycles. The molecular formula is C27H26N3O4S3+. The molecule has 0 unspecified atom stereocenters. The zero-order chi connectivity index (χ0) is 26.1. The van der Waals surface area contributed by atoms with E-state index in [1.807, 2.05) is 66.5 Å². The van der Waals surface area contributed by atoms with Gasteiger partial charge in [0.25, 0.3) is 10.6 Å². The highest BCUT2D eigenvalue weighted by molar-refractivity contribution is 8.08. The molecule has 3 heterocycles. The van der Waals surface area contributed by atoms with Gasteiger partial charge in [-0.3, -0.25) is 9.36 Å². The number of carbonyl (C=O) groups is 1. The lowest BCUT2D eigenvalue weighted by Crippen LogP contribution is -2.36. The van der Waals surface area contributed by atoms with E-state index in [0.717, 1.165) is 41.1 Å². The van der Waals surface area contributed by atoms with Gasteiger partial charge in [0.15, 0.2) is 12.7 Å². The number of anilines is 1. The number of esters is 1. The monoisotopic (exact) mass is 552 g/mol. The first-order chi connectivity index (χ1) is 17.9. The van der Waals surface area contributed by atoms with E-state index in [-0.39, 0.29) is 11.5 Å². The SMILES string of the molecule is CCn1c(=O)/c(=C2\Sc3cc(OC)ccc3N2C)s/c1=C\c1scc[n+]1Cc1ccccc1C(=O)OC. The van der Waals surface area contributed by atoms with Crippen LogP contribution in [0.25, 0.3) is 11.1 Å². The van der Waals surface area contributed by atoms with Crippen LogP contribution < -0.4 is 29.0 Å². The summed E-state index contributed by atoms with van der Waals surface area (Å²) < 4.78 is 15.8. The Balaban J connectivity index is 1.57. The number of benzene rings is 2. The van der Waals surface area contributed by atoms with Crippen molar-refractivity contribution in [2.24, 2.45) is 0 Å². The van der Waals surface area contributed by atoms with Gasteiger partial charge in [0, 0.05) is 24.1 Å². The molecule has 0 N–H and O–H groups in total. The van der Waals surface area contributed by atoms with Crippen LogP contribution in [0, 0.1) is 0 Å². The number of methoxy groups -OCH3 is 2. The topological polar surface area (TPSA) is 64.7 Å². The van der Waals surface area contributed by atoms with Crippen molar-refractivity contribution in [1.29, 1.82) is 0 Å². The number of nitrogens with zero attached hydrogens (tertiary/aromatic N) is 3. The molecule has 7 nitrogen and oxygen atoms in total. The summed E-state index contributed by atoms with van der Waals surface area (Å²) in [5.41, 5.74) is 2.49. The standard InChI is InChI=1S/C27H26N3O4S3/c1-5-30-23(15-22-29(12-13-35-22)16-17-8-6-7-9-19(17)27(32)34-4)37-24(25(30)31)26-28(2)20-11-10-18(33-3)14-21(20)36-26/h6-15H,5,16H2,1-4H3/q+1/b26-24+. The van der Waals surface area contributed by atoms with Crippen LogP contribution in [0.4, 0.5) is 5.69 Å². The second kappa shape index (κ2) is 10.6. The van der Waals surface area contributed by atoms with Crippen molar-refractivity contribution >= 4 is 57.2 Å². The van der Waals surface area contributed by atoms with Crippen LogP contribution in [-0.4, -0.2) is 31.8 Å². The average Bonchev–Trinajstić information content (AvgIpc) is 3.59. The van der Waals surface area contributed by atoms with Crippen molar-refractivity contribution in [2.75, 3.05) is 26.2 Å². The third-order valence-corrected chi connectivity index (χ3v) is 9.50. The van der Waals surface area contributed by atoms with Gasteiger partial charge in [0.1, 0.15) is 20.0 Å². The zero-order valence-electron chi connectivity index (χ0n) is 20.9. The molecule has 0 aliphatic carbocycles. The fourth-order valence-electron chi connectivity index (χ4n) is 4.25. The number of aromatic nitrogens is 2. The van der Waals surface area contributed by atoms with Crippen molar-refractivity contribution in [3.63, 3.8) is 0 Å². The number of ether oxygens (including phenoxy) is 2. The van der Waals surface area contributed by atoms with Crippen LogP contribution in [0.15, 0.2) is 63.7 Å². The lowest BCUT2D eigenvalue weighted by Gasteiger charge is -2.12. The summed E-state index contributed by atoms with van der Waals surface area (Å²) in [4.78, 5) is 28.9. The van der Waals surface area contributed by atoms with Gasteiger partial charge in [-0.15, -0.1) is 11.3 Å². The van der Waals surface area contributed by atoms with E-state index in [1.54, 1.807) is 36.3 Å². The second-order valence-electron chi connectivity index (χ2n) is 8.28. The number of thiazole rings is 2. The van der Waals surface area contributed by atoms with E-state index in [2.05, 4.69) is 15.5 Å². The van der Waals surface area contributed by atoms with E-state index in [4.69, 9.17) is 9.47 Å². The van der Waals surface area contributed by atoms with Gasteiger partial charge in [-0.1, -0.05) is 41.3 Å². The van der Waals surface area contributed by atoms with Gasteiger partial charge in [-0.2, -0.15) is 4.57 Å². The van der Waals surface area contributed by atoms with Gasteiger partial charge in [-0.05, 0) is 31.2 Å². The molecule has 5 rings (SSSR count). The third kappa shape index (κ3) is 4.72. The molecule has 0 saturated carbocycles. The van der Waals surface area contributed by atoms with Gasteiger partial charge in [0.2, 0.25) is 0 Å². The molecule has 0 bridgehead atoms. The molecule has 10 heteroatoms. The summed E-state index contributed by atoms with van der Waals surface area (Å²) in [7, 11) is 5.04. The third-order valence-electron chi connectivity index (χ3n) is 6.19. The van der Waals surface area contributed by atoms with Crippen molar-refractivity contribution in [3.8, 4) is 5.75 Å². The minimum Gasteiger partial charge on any atom is -0.497 e. The summed E-state index contributed by atoms with van der Waals surface area (Å²) in [5, 5.41) is 3.92. The summed E-state index contributed by atoms with van der Waals surface area (Å²) in [6.45, 7) is 3.07. The highest BCUT2D eigenvalue weighted by atomic mass is 32.2. The molecular weight excluding hydrogens is 527 g/mol. The number of fused-ring (bicyclic) bond motifs is 1. The largest absolute Gasteiger partial charge is 0.497 e. The van der Waals surface area contributed by atoms with E-state index in [1.165, 1.54) is 18.4 Å². The van der Waals surface area contributed by atoms with E-state index in [9.17, 15) is 9.59 Å². The molecule has 190 valence electrons. The Morgan fingerprint density at radius 3 is 2.73 bits per heavy atom. The Morgan fingerprint density at radius 1 is 1.16 bits per heavy atom. The summed E-state index contributed by atoms with van der Waals surface area (Å²) in [6.07, 6.45) is 4.05. The van der Waals surface area contributed by atoms with Gasteiger partial charge < -0.3 is 14.4 Å². The number of hydrogen-bond donors (Lipinski definition) is 0. The molecule has 0 amide bonds. The molecule has 0 saturated heterocycles. The van der Waals surface area contributed by atoms with Crippen molar-refractivity contribution in [3.05, 3.63) is 89.7 Å². The first-order valence-electron chi connectivity index (χ1n) is 11.6. The van der Waals surface area contributed by atoms with Crippen LogP contribution in [0.1, 0.15) is 27.9 Å². The molecule has 0 fully saturated rings. The van der Waals surface area contributed by atoms with Crippen LogP contribution in [0.5, 0.6) is 5.75 Å². The number of thioether (sulfide) groups is 1. The average molecular weight is 553 g/mol. The highest BCUT2D eigenvalue weighted by Crippen LogP contribution is 2.46. The van der Waals surface area contributed by atoms with Crippen LogP contribution in [0.2, 0.25) is 0 Å². The predicted octanol–water partition coefficient (Wildman–Crippen LogP) is 3.26. The van der Waals surface area contributed by atoms with E-state index < -0.39 is 0 Å². The molecule has 0 spiro atoms. The van der Waals surface area contributed by atoms with Gasteiger partial charge in [0.05, 0.1) is 36.9 Å². The second-order valence-corrected chi connectivity index (χ2v) is 11.3. The lowest BCUT2D eigenvalue weighted by molar-refractivity contribution is -0.685. The highest BCUT2D eigenvalue weighted by Gasteiger charge is 2.25. The Morgan fingerprint density at radius 2 is 1.97 bits per heavy atom. The molecule has 2 aromatic heterocycles. The lowest BCUT2D eigenvalue weighted by atomic mass is 10.1. The predicted molar refractivity (Wildman–Crippen MR) is 149 cm³/mol. The van der Waals surface area contributed by atoms with Crippen molar-refractivity contribution in [1.82, 2.24) is 4.57 Å². The van der Waals surface area contributed by atoms with Crippen LogP contribution in [-0.2, 0) is 17.8 Å². The van der Waals surface area contributed by atoms with Gasteiger partial charge >= 0.3 is 5.97 Å². The fraction of sp³-hybridized carbons (Fsp3) is 0.222. The number of rotatable bonds is 6. The first-order valence-corrected chi connectivity index (χ1v) is 14.1. The Labute approximate surface area is 226 Å². The molecule has 1 aliphatic rings. The first kappa shape index (κ1) is 25.3. The molecule has 0 radical (unpaired) electrons. The fourth-order valence-corrected chi connectivity index (χ4v) is 7.59. The number of carbonyl (C=O) groups excluding carboxylic acids is 1. The van der Waals surface area contributed by atoms with E-state index >= 15 is 0 Å². The van der Waals surface area contributed by atoms with Gasteiger partial charge in [-0.25, -0.2) is 4.79 Å². The van der Waals surface area contributed by atoms with Crippen LogP contribution >= 0.6 is 34.4 Å². The maximum atomic E-state index is 13.5. The quantitative estimate of drug-likeness (QED) is 0.270. The maximum absolute atomic E-state index is 13.5. The minimum absolute atomic E-state index is 0.00649. The molecule has 37 heavy (non-hydrogen) atoms. The molecule has 4 aromatic rings. The molecule has 2 aromatic carbocycles. The summed E-state index contributed by atoms with van der Waals surface area (Å²) in [5.74, 6) is 0.441. The maximum Gasteiger partial charge on any atom is 0.338 e. The Kier molecular flexibility index (Phi) is 7.23. The normalized spacial score (nSPS) is 14.7. The minimum atomic E-state index is -0.353. The van der Waals surface area contributed by atoms with Crippen molar-refractivity contribution < 1.29 is 18.8 Å². The smallest absolute Gasteiger partial charge is 0.338 e. The zero-order valence-corrected chi connectivity index (χ0v) is 23.3. The Hall–Kier alpha value is -3.34. The van der Waals surface area contributed by atoms with Crippen molar-refractivity contribution in [2.45, 2.75) is 24.9 Å². The summed E-state index contributed by atoms with van der Waals surface area (Å²) >= 11 is 4.68.